The van der Waals surface area contributed by atoms with Crippen molar-refractivity contribution in [1.82, 2.24) is 9.38 Å². The summed E-state index contributed by atoms with van der Waals surface area (Å²) in [6.45, 7) is 0.0580. The van der Waals surface area contributed by atoms with E-state index in [4.69, 9.17) is 5.11 Å². The highest BCUT2D eigenvalue weighted by molar-refractivity contribution is 7.13. The first-order valence-electron chi connectivity index (χ1n) is 4.99. The van der Waals surface area contributed by atoms with Crippen molar-refractivity contribution in [2.24, 2.45) is 0 Å². The van der Waals surface area contributed by atoms with Gasteiger partial charge >= 0.3 is 0 Å². The van der Waals surface area contributed by atoms with E-state index in [1.54, 1.807) is 11.3 Å². The molecule has 4 heteroatoms. The van der Waals surface area contributed by atoms with Crippen LogP contribution in [-0.2, 0) is 6.61 Å². The van der Waals surface area contributed by atoms with Gasteiger partial charge in [0.15, 0.2) is 0 Å². The minimum absolute atomic E-state index is 0.0580. The third-order valence-corrected chi connectivity index (χ3v) is 3.36. The number of thiophene rings is 1. The molecule has 3 nitrogen and oxygen atoms in total. The third-order valence-electron chi connectivity index (χ3n) is 2.47. The predicted molar refractivity (Wildman–Crippen MR) is 64.4 cm³/mol. The largest absolute Gasteiger partial charge is 0.392 e. The van der Waals surface area contributed by atoms with Crippen molar-refractivity contribution >= 4 is 17.0 Å². The summed E-state index contributed by atoms with van der Waals surface area (Å²) in [6.07, 6.45) is 3.89. The number of rotatable bonds is 2. The Morgan fingerprint density at radius 1 is 1.25 bits per heavy atom. The van der Waals surface area contributed by atoms with E-state index < -0.39 is 0 Å². The number of hydrogen-bond acceptors (Lipinski definition) is 3. The third kappa shape index (κ3) is 1.52. The first-order valence-corrected chi connectivity index (χ1v) is 5.87. The molecule has 80 valence electrons. The Balaban J connectivity index is 2.16. The number of hydrogen-bond donors (Lipinski definition) is 1. The van der Waals surface area contributed by atoms with Gasteiger partial charge in [-0.15, -0.1) is 11.3 Å². The van der Waals surface area contributed by atoms with Crippen LogP contribution in [0.2, 0.25) is 0 Å². The van der Waals surface area contributed by atoms with E-state index in [-0.39, 0.29) is 6.61 Å². The number of aromatic nitrogens is 2. The Hall–Kier alpha value is -1.65. The van der Waals surface area contributed by atoms with Gasteiger partial charge in [-0.2, -0.15) is 0 Å². The minimum atomic E-state index is 0.0580. The molecule has 3 aromatic rings. The van der Waals surface area contributed by atoms with Crippen LogP contribution in [0.1, 0.15) is 5.56 Å². The van der Waals surface area contributed by atoms with Gasteiger partial charge in [-0.05, 0) is 23.1 Å². The second kappa shape index (κ2) is 3.73. The molecule has 0 spiro atoms. The lowest BCUT2D eigenvalue weighted by Gasteiger charge is -1.96. The van der Waals surface area contributed by atoms with Gasteiger partial charge in [0.2, 0.25) is 0 Å². The molecule has 16 heavy (non-hydrogen) atoms. The number of fused-ring (bicyclic) bond motifs is 1. The summed E-state index contributed by atoms with van der Waals surface area (Å²) in [5, 5.41) is 11.1. The van der Waals surface area contributed by atoms with E-state index in [0.29, 0.717) is 0 Å². The van der Waals surface area contributed by atoms with Gasteiger partial charge in [-0.25, -0.2) is 4.98 Å². The standard InChI is InChI=1S/C12H10N2OS/c15-8-9-3-4-12-13-10(7-14(12)6-9)11-2-1-5-16-11/h1-7,15H,8H2. The zero-order chi connectivity index (χ0) is 11.0. The van der Waals surface area contributed by atoms with Gasteiger partial charge in [-0.3, -0.25) is 0 Å². The lowest BCUT2D eigenvalue weighted by Crippen LogP contribution is -1.88. The Bertz CT molecular complexity index is 613. The first kappa shape index (κ1) is 9.57. The zero-order valence-electron chi connectivity index (χ0n) is 8.50. The number of nitrogens with zero attached hydrogens (tertiary/aromatic N) is 2. The molecule has 0 aliphatic heterocycles. The molecule has 0 bridgehead atoms. The molecule has 3 heterocycles. The van der Waals surface area contributed by atoms with E-state index in [2.05, 4.69) is 11.1 Å². The van der Waals surface area contributed by atoms with Crippen LogP contribution in [0.15, 0.2) is 42.0 Å². The van der Waals surface area contributed by atoms with E-state index >= 15 is 0 Å². The van der Waals surface area contributed by atoms with Crippen molar-refractivity contribution in [2.75, 3.05) is 0 Å². The Kier molecular flexibility index (Phi) is 2.23. The molecule has 0 atom stereocenters. The average Bonchev–Trinajstić information content (AvgIpc) is 2.96. The average molecular weight is 230 g/mol. The number of imidazole rings is 1. The molecule has 3 aromatic heterocycles. The maximum absolute atomic E-state index is 9.06. The fourth-order valence-electron chi connectivity index (χ4n) is 1.67. The second-order valence-corrected chi connectivity index (χ2v) is 4.51. The molecular formula is C12H10N2OS. The molecule has 0 saturated carbocycles. The van der Waals surface area contributed by atoms with Crippen molar-refractivity contribution in [3.63, 3.8) is 0 Å². The van der Waals surface area contributed by atoms with Crippen molar-refractivity contribution in [1.29, 1.82) is 0 Å². The van der Waals surface area contributed by atoms with Crippen molar-refractivity contribution in [2.45, 2.75) is 6.61 Å². The fourth-order valence-corrected chi connectivity index (χ4v) is 2.35. The Morgan fingerprint density at radius 3 is 2.94 bits per heavy atom. The van der Waals surface area contributed by atoms with Crippen LogP contribution in [0.4, 0.5) is 0 Å². The van der Waals surface area contributed by atoms with E-state index in [1.807, 2.05) is 40.4 Å². The summed E-state index contributed by atoms with van der Waals surface area (Å²) in [5.41, 5.74) is 2.77. The van der Waals surface area contributed by atoms with Crippen LogP contribution >= 0.6 is 11.3 Å². The summed E-state index contributed by atoms with van der Waals surface area (Å²) in [5.74, 6) is 0. The van der Waals surface area contributed by atoms with Crippen LogP contribution in [0.3, 0.4) is 0 Å². The molecule has 1 N–H and O–H groups in total. The molecule has 0 saturated heterocycles. The maximum Gasteiger partial charge on any atom is 0.137 e. The van der Waals surface area contributed by atoms with Crippen LogP contribution in [0.5, 0.6) is 0 Å². The van der Waals surface area contributed by atoms with Crippen LogP contribution < -0.4 is 0 Å². The summed E-state index contributed by atoms with van der Waals surface area (Å²) in [4.78, 5) is 5.68. The van der Waals surface area contributed by atoms with Crippen molar-refractivity contribution in [3.05, 3.63) is 47.6 Å². The predicted octanol–water partition coefficient (Wildman–Crippen LogP) is 2.56. The Labute approximate surface area is 96.6 Å². The van der Waals surface area contributed by atoms with E-state index in [9.17, 15) is 0 Å². The van der Waals surface area contributed by atoms with Crippen molar-refractivity contribution < 1.29 is 5.11 Å². The molecule has 0 radical (unpaired) electrons. The van der Waals surface area contributed by atoms with Crippen molar-refractivity contribution in [3.8, 4) is 10.6 Å². The lowest BCUT2D eigenvalue weighted by atomic mass is 10.3. The SMILES string of the molecule is OCc1ccc2nc(-c3cccs3)cn2c1. The summed E-state index contributed by atoms with van der Waals surface area (Å²) >= 11 is 1.68. The fraction of sp³-hybridized carbons (Fsp3) is 0.0833. The minimum Gasteiger partial charge on any atom is -0.392 e. The smallest absolute Gasteiger partial charge is 0.137 e. The molecular weight excluding hydrogens is 220 g/mol. The first-order chi connectivity index (χ1) is 7.86. The van der Waals surface area contributed by atoms with Gasteiger partial charge in [0, 0.05) is 12.4 Å². The number of aliphatic hydroxyl groups is 1. The highest BCUT2D eigenvalue weighted by Crippen LogP contribution is 2.24. The van der Waals surface area contributed by atoms with Crippen LogP contribution in [-0.4, -0.2) is 14.5 Å². The lowest BCUT2D eigenvalue weighted by molar-refractivity contribution is 0.281. The summed E-state index contributed by atoms with van der Waals surface area (Å²) in [6, 6.07) is 7.88. The van der Waals surface area contributed by atoms with Crippen LogP contribution in [0.25, 0.3) is 16.2 Å². The summed E-state index contributed by atoms with van der Waals surface area (Å²) < 4.78 is 1.95. The summed E-state index contributed by atoms with van der Waals surface area (Å²) in [7, 11) is 0. The van der Waals surface area contributed by atoms with Gasteiger partial charge in [0.1, 0.15) is 5.65 Å². The van der Waals surface area contributed by atoms with E-state index in [0.717, 1.165) is 21.8 Å². The molecule has 0 aliphatic rings. The van der Waals surface area contributed by atoms with E-state index in [1.165, 1.54) is 0 Å². The quantitative estimate of drug-likeness (QED) is 0.734. The topological polar surface area (TPSA) is 37.5 Å². The van der Waals surface area contributed by atoms with Gasteiger partial charge in [-0.1, -0.05) is 12.1 Å². The molecule has 0 fully saturated rings. The highest BCUT2D eigenvalue weighted by Gasteiger charge is 2.05. The maximum atomic E-state index is 9.06. The molecule has 3 rings (SSSR count). The van der Waals surface area contributed by atoms with Gasteiger partial charge < -0.3 is 9.51 Å². The molecule has 0 aliphatic carbocycles. The highest BCUT2D eigenvalue weighted by atomic mass is 32.1. The molecule has 0 unspecified atom stereocenters. The monoisotopic (exact) mass is 230 g/mol. The molecule has 0 amide bonds. The second-order valence-electron chi connectivity index (χ2n) is 3.56. The number of aliphatic hydroxyl groups excluding tert-OH is 1. The zero-order valence-corrected chi connectivity index (χ0v) is 9.31. The molecule has 0 aromatic carbocycles. The number of pyridine rings is 1. The van der Waals surface area contributed by atoms with Crippen LogP contribution in [0, 0.1) is 0 Å². The normalized spacial score (nSPS) is 11.1. The van der Waals surface area contributed by atoms with Gasteiger partial charge in [0.05, 0.1) is 17.2 Å². The van der Waals surface area contributed by atoms with Gasteiger partial charge in [0.25, 0.3) is 0 Å². The Morgan fingerprint density at radius 2 is 2.19 bits per heavy atom.